The van der Waals surface area contributed by atoms with Crippen molar-refractivity contribution in [2.24, 2.45) is 10.9 Å². The number of aliphatic imine (C=N–C) groups is 1. The van der Waals surface area contributed by atoms with Crippen LogP contribution in [0.3, 0.4) is 0 Å². The summed E-state index contributed by atoms with van der Waals surface area (Å²) in [5.74, 6) is 2.62. The van der Waals surface area contributed by atoms with Gasteiger partial charge in [0.05, 0.1) is 55.2 Å². The largest absolute Gasteiger partial charge is 0.506 e. The molecule has 2 fully saturated rings. The lowest BCUT2D eigenvalue weighted by atomic mass is 9.72. The molecule has 14 nitrogen and oxygen atoms in total. The van der Waals surface area contributed by atoms with Gasteiger partial charge in [-0.25, -0.2) is 0 Å². The van der Waals surface area contributed by atoms with Crippen LogP contribution < -0.4 is 14.8 Å². The highest BCUT2D eigenvalue weighted by Crippen LogP contribution is 2.55. The average Bonchev–Trinajstić information content (AvgIpc) is 4.04. The average molecular weight is 881 g/mol. The number of aromatic hydroxyl groups is 1. The molecule has 8 aliphatic rings. The Labute approximate surface area is 375 Å². The Hall–Kier alpha value is -5.92. The number of nitrogens with zero attached hydrogens (tertiary/aromatic N) is 2. The molecular formula is C51H50N3O11+. The van der Waals surface area contributed by atoms with E-state index in [2.05, 4.69) is 17.3 Å². The van der Waals surface area contributed by atoms with Gasteiger partial charge in [-0.05, 0) is 96.5 Å². The van der Waals surface area contributed by atoms with Gasteiger partial charge >= 0.3 is 0 Å². The van der Waals surface area contributed by atoms with Gasteiger partial charge in [0.1, 0.15) is 47.2 Å². The quantitative estimate of drug-likeness (QED) is 0.180. The van der Waals surface area contributed by atoms with Gasteiger partial charge in [0.15, 0.2) is 23.2 Å². The van der Waals surface area contributed by atoms with E-state index in [4.69, 9.17) is 28.7 Å². The van der Waals surface area contributed by atoms with Crippen LogP contribution >= 0.6 is 0 Å². The van der Waals surface area contributed by atoms with Crippen LogP contribution in [0.1, 0.15) is 80.1 Å². The molecule has 5 N–H and O–H groups in total. The summed E-state index contributed by atoms with van der Waals surface area (Å²) in [5, 5.41) is 52.6. The Morgan fingerprint density at radius 1 is 1.14 bits per heavy atom. The fourth-order valence-corrected chi connectivity index (χ4v) is 11.4. The summed E-state index contributed by atoms with van der Waals surface area (Å²) in [6.07, 6.45) is 11.4. The summed E-state index contributed by atoms with van der Waals surface area (Å²) in [5.41, 5.74) is 4.98. The van der Waals surface area contributed by atoms with Crippen molar-refractivity contribution in [1.82, 2.24) is 10.2 Å². The Morgan fingerprint density at radius 2 is 2.02 bits per heavy atom. The Kier molecular flexibility index (Phi) is 10.4. The van der Waals surface area contributed by atoms with Crippen molar-refractivity contribution >= 4 is 34.8 Å². The maximum atomic E-state index is 15.1. The number of phenolic OH excluding ortho intramolecular Hbond substituents is 1. The summed E-state index contributed by atoms with van der Waals surface area (Å²) >= 11 is 0. The van der Waals surface area contributed by atoms with Gasteiger partial charge in [-0.15, -0.1) is 0 Å². The predicted molar refractivity (Wildman–Crippen MR) is 238 cm³/mol. The summed E-state index contributed by atoms with van der Waals surface area (Å²) in [6, 6.07) is 7.21. The number of carbonyl (C=O) groups excluding carboxylic acids is 2. The van der Waals surface area contributed by atoms with Crippen molar-refractivity contribution in [3.63, 3.8) is 0 Å². The number of hydrogen-bond donors (Lipinski definition) is 5. The van der Waals surface area contributed by atoms with Crippen LogP contribution in [0.4, 0.5) is 0 Å². The topological polar surface area (TPSA) is 189 Å². The number of Topliss-reactive ketones (excluding diaryl/α,β-unsaturated/α-hetero) is 1. The first-order valence-electron chi connectivity index (χ1n) is 22.4. The predicted octanol–water partition coefficient (Wildman–Crippen LogP) is 4.35. The van der Waals surface area contributed by atoms with Crippen LogP contribution in [0.25, 0.3) is 16.8 Å². The minimum Gasteiger partial charge on any atom is -0.506 e. The van der Waals surface area contributed by atoms with E-state index in [9.17, 15) is 25.2 Å². The zero-order valence-electron chi connectivity index (χ0n) is 36.1. The Bertz CT molecular complexity index is 2780. The van der Waals surface area contributed by atoms with Gasteiger partial charge in [-0.2, -0.15) is 4.99 Å². The number of rotatable bonds is 5. The van der Waals surface area contributed by atoms with E-state index in [1.807, 2.05) is 43.8 Å². The molecular weight excluding hydrogens is 831 g/mol. The van der Waals surface area contributed by atoms with Crippen LogP contribution in [0, 0.1) is 24.4 Å². The molecule has 8 atom stereocenters. The van der Waals surface area contributed by atoms with Gasteiger partial charge in [-0.3, -0.25) is 9.59 Å². The smallest absolute Gasteiger partial charge is 0.254 e. The van der Waals surface area contributed by atoms with Crippen molar-refractivity contribution in [2.75, 3.05) is 40.5 Å². The molecule has 3 aromatic rings. The molecule has 5 heterocycles. The number of fused-ring (bicyclic) bond motifs is 10. The van der Waals surface area contributed by atoms with E-state index in [0.717, 1.165) is 70.4 Å². The number of aryl methyl sites for hydroxylation is 1. The highest BCUT2D eigenvalue weighted by atomic mass is 16.7. The van der Waals surface area contributed by atoms with E-state index in [0.29, 0.717) is 41.1 Å². The van der Waals surface area contributed by atoms with Crippen molar-refractivity contribution in [2.45, 2.75) is 87.3 Å². The molecule has 1 saturated heterocycles. The first-order chi connectivity index (χ1) is 31.6. The fourth-order valence-electron chi connectivity index (χ4n) is 11.4. The monoisotopic (exact) mass is 880 g/mol. The lowest BCUT2D eigenvalue weighted by Crippen LogP contribution is -2.70. The molecule has 1 saturated carbocycles. The standard InChI is InChI=1S/C51H49N3O11/c1-52-20-26-11-15-37-33(18-26)35(21-53-37)39-16-14-32-40(61-2)19-34-30-13-12-28-7-3-9-29(28)42(30)44-38(56)23-54-22-36-27(6-4-10-31(36)49(54)59)8-5-17-62-48-45(57)41(24-63-39)64-50(51(48,60)25-55)65-47(32)43(34)46(44)58/h4,6,10-11,14-16,18-19,21,28-29,39,41,45,48,50,52,55,57,60H,3,7-9,12-13,20,22-25H2,1-2H3/p+1. The van der Waals surface area contributed by atoms with E-state index in [1.165, 1.54) is 12.0 Å². The van der Waals surface area contributed by atoms with Crippen molar-refractivity contribution in [3.8, 4) is 29.3 Å². The third-order valence-corrected chi connectivity index (χ3v) is 14.6. The number of hydrogen-bond acceptors (Lipinski definition) is 13. The molecule has 65 heavy (non-hydrogen) atoms. The SMILES string of the molecule is CNCC1=CC=C2N=CC(C3C=Cc4c(OC)cc5c6c(c7c(O)c5c4OC4OC(CO3)C(O)C(OC#CCc3cccc5c3CN(CC7=O)C5=O)C4(O)CO)C3CCCC3CC6)=C2[CH+]1. The zero-order chi connectivity index (χ0) is 44.7. The molecule has 0 radical (unpaired) electrons. The lowest BCUT2D eigenvalue weighted by molar-refractivity contribution is -0.327. The summed E-state index contributed by atoms with van der Waals surface area (Å²) in [6.45, 7) is -0.720. The normalized spacial score (nSPS) is 29.8. The Balaban J connectivity index is 1.17. The number of phenols is 1. The number of likely N-dealkylation sites (N-methyl/N-ethyl adjacent to an activating group) is 1. The molecule has 8 bridgehead atoms. The molecule has 334 valence electrons. The molecule has 3 aromatic carbocycles. The number of amides is 1. The summed E-state index contributed by atoms with van der Waals surface area (Å²) in [7, 11) is 3.40. The number of carbonyl (C=O) groups is 2. The summed E-state index contributed by atoms with van der Waals surface area (Å²) < 4.78 is 32.2. The molecule has 5 aliphatic heterocycles. The molecule has 11 rings (SSSR count). The maximum Gasteiger partial charge on any atom is 0.254 e. The zero-order valence-corrected chi connectivity index (χ0v) is 36.1. The van der Waals surface area contributed by atoms with Crippen molar-refractivity contribution < 1.29 is 53.7 Å². The number of benzene rings is 3. The third kappa shape index (κ3) is 6.62. The number of aliphatic hydroxyl groups excluding tert-OH is 2. The first kappa shape index (κ1) is 41.8. The van der Waals surface area contributed by atoms with Gasteiger partial charge < -0.3 is 54.3 Å². The van der Waals surface area contributed by atoms with E-state index in [1.54, 1.807) is 24.4 Å². The van der Waals surface area contributed by atoms with E-state index < -0.39 is 48.7 Å². The molecule has 1 amide bonds. The minimum atomic E-state index is -2.45. The van der Waals surface area contributed by atoms with Crippen molar-refractivity contribution in [3.05, 3.63) is 110 Å². The highest BCUT2D eigenvalue weighted by Gasteiger charge is 2.59. The molecule has 14 heteroatoms. The highest BCUT2D eigenvalue weighted by molar-refractivity contribution is 6.13. The van der Waals surface area contributed by atoms with Crippen LogP contribution in [0.5, 0.6) is 17.2 Å². The number of ketones is 1. The number of nitrogens with one attached hydrogen (secondary N) is 1. The van der Waals surface area contributed by atoms with Crippen LogP contribution in [-0.4, -0.2) is 120 Å². The molecule has 8 unspecified atom stereocenters. The Morgan fingerprint density at radius 3 is 2.85 bits per heavy atom. The third-order valence-electron chi connectivity index (χ3n) is 14.6. The molecule has 0 aromatic heterocycles. The second-order valence-corrected chi connectivity index (χ2v) is 18.2. The van der Waals surface area contributed by atoms with Gasteiger partial charge in [0.25, 0.3) is 5.91 Å². The molecule has 0 spiro atoms. The fraction of sp³-hybridized carbons (Fsp3) is 0.412. The summed E-state index contributed by atoms with van der Waals surface area (Å²) in [4.78, 5) is 35.4. The first-order valence-corrected chi connectivity index (χ1v) is 22.4. The van der Waals surface area contributed by atoms with E-state index in [-0.39, 0.29) is 60.4 Å². The van der Waals surface area contributed by atoms with Crippen LogP contribution in [-0.2, 0) is 33.6 Å². The molecule has 3 aliphatic carbocycles. The second-order valence-electron chi connectivity index (χ2n) is 18.2. The number of aliphatic hydroxyl groups is 3. The second kappa shape index (κ2) is 16.2. The van der Waals surface area contributed by atoms with Gasteiger partial charge in [0, 0.05) is 49.2 Å². The van der Waals surface area contributed by atoms with Crippen LogP contribution in [0.2, 0.25) is 0 Å². The van der Waals surface area contributed by atoms with Gasteiger partial charge in [0.2, 0.25) is 6.29 Å². The van der Waals surface area contributed by atoms with Crippen molar-refractivity contribution in [1.29, 1.82) is 0 Å². The number of ether oxygens (including phenoxy) is 5. The van der Waals surface area contributed by atoms with Gasteiger partial charge in [-0.1, -0.05) is 24.5 Å². The minimum absolute atomic E-state index is 0.00629. The number of methoxy groups -OCH3 is 1. The number of allylic oxidation sites excluding steroid dienone is 3. The lowest BCUT2D eigenvalue weighted by Gasteiger charge is -2.47. The maximum absolute atomic E-state index is 15.1. The van der Waals surface area contributed by atoms with E-state index >= 15 is 4.79 Å². The van der Waals surface area contributed by atoms with Crippen LogP contribution in [0.15, 0.2) is 69.9 Å².